The lowest BCUT2D eigenvalue weighted by Crippen LogP contribution is -2.17. The molecule has 0 saturated heterocycles. The molecular formula is C13H15NO5S2. The first-order chi connectivity index (χ1) is 9.66. The number of hydrogen-bond acceptors (Lipinski definition) is 5. The molecule has 114 valence electrons. The Kier molecular flexibility index (Phi) is 4.20. The van der Waals surface area contributed by atoms with E-state index in [1.165, 1.54) is 30.3 Å². The van der Waals surface area contributed by atoms with Crippen LogP contribution >= 0.6 is 0 Å². The number of amides is 1. The fourth-order valence-corrected chi connectivity index (χ4v) is 4.03. The average Bonchev–Trinajstić information content (AvgIpc) is 2.68. The normalized spacial score (nSPS) is 20.3. The standard InChI is InChI=1S/C13H15NO5S2/c1-20(16,17)12-4-2-11(3-5-12)14-13(15)8-10-6-7-21(18,19)9-10/h2-7,10H,8-9H2,1H3,(H,14,15)/t10-/m1/s1. The highest BCUT2D eigenvalue weighted by atomic mass is 32.2. The van der Waals surface area contributed by atoms with E-state index in [0.717, 1.165) is 11.7 Å². The first-order valence-corrected chi connectivity index (χ1v) is 9.77. The van der Waals surface area contributed by atoms with E-state index in [4.69, 9.17) is 0 Å². The number of rotatable bonds is 4. The Bertz CT molecular complexity index is 776. The van der Waals surface area contributed by atoms with Crippen LogP contribution in [0.25, 0.3) is 0 Å². The number of carbonyl (C=O) groups is 1. The molecule has 0 fully saturated rings. The summed E-state index contributed by atoms with van der Waals surface area (Å²) < 4.78 is 45.1. The van der Waals surface area contributed by atoms with Gasteiger partial charge in [-0.1, -0.05) is 6.08 Å². The Morgan fingerprint density at radius 1 is 1.29 bits per heavy atom. The number of anilines is 1. The van der Waals surface area contributed by atoms with E-state index in [9.17, 15) is 21.6 Å². The number of hydrogen-bond donors (Lipinski definition) is 1. The molecule has 1 heterocycles. The van der Waals surface area contributed by atoms with Gasteiger partial charge < -0.3 is 5.32 Å². The third kappa shape index (κ3) is 4.40. The molecule has 1 aromatic carbocycles. The quantitative estimate of drug-likeness (QED) is 0.888. The second kappa shape index (κ2) is 5.61. The third-order valence-corrected chi connectivity index (χ3v) is 5.61. The Balaban J connectivity index is 1.96. The SMILES string of the molecule is CS(=O)(=O)c1ccc(NC(=O)C[C@H]2C=CS(=O)(=O)C2)cc1. The van der Waals surface area contributed by atoms with Gasteiger partial charge in [0, 0.05) is 29.7 Å². The van der Waals surface area contributed by atoms with E-state index in [2.05, 4.69) is 5.32 Å². The van der Waals surface area contributed by atoms with Crippen LogP contribution in [0.1, 0.15) is 6.42 Å². The lowest BCUT2D eigenvalue weighted by Gasteiger charge is -2.08. The van der Waals surface area contributed by atoms with Gasteiger partial charge in [-0.05, 0) is 24.3 Å². The van der Waals surface area contributed by atoms with Crippen molar-refractivity contribution < 1.29 is 21.6 Å². The van der Waals surface area contributed by atoms with Crippen LogP contribution < -0.4 is 5.32 Å². The number of carbonyl (C=O) groups excluding carboxylic acids is 1. The molecule has 0 saturated carbocycles. The zero-order chi connectivity index (χ0) is 15.7. The maximum Gasteiger partial charge on any atom is 0.224 e. The maximum absolute atomic E-state index is 11.8. The fourth-order valence-electron chi connectivity index (χ4n) is 2.00. The van der Waals surface area contributed by atoms with Crippen LogP contribution in [0.4, 0.5) is 5.69 Å². The lowest BCUT2D eigenvalue weighted by atomic mass is 10.1. The minimum Gasteiger partial charge on any atom is -0.326 e. The molecule has 0 spiro atoms. The summed E-state index contributed by atoms with van der Waals surface area (Å²) in [5.41, 5.74) is 0.470. The van der Waals surface area contributed by atoms with Crippen LogP contribution in [-0.2, 0) is 24.5 Å². The highest BCUT2D eigenvalue weighted by molar-refractivity contribution is 7.94. The second-order valence-corrected chi connectivity index (χ2v) is 8.91. The summed E-state index contributed by atoms with van der Waals surface area (Å²) in [6.07, 6.45) is 2.69. The molecule has 2 rings (SSSR count). The van der Waals surface area contributed by atoms with E-state index in [-0.39, 0.29) is 28.9 Å². The number of allylic oxidation sites excluding steroid dienone is 1. The highest BCUT2D eigenvalue weighted by Crippen LogP contribution is 2.19. The molecule has 1 aliphatic rings. The summed E-state index contributed by atoms with van der Waals surface area (Å²) >= 11 is 0. The fraction of sp³-hybridized carbons (Fsp3) is 0.308. The second-order valence-electron chi connectivity index (χ2n) is 4.97. The van der Waals surface area contributed by atoms with E-state index in [1.54, 1.807) is 0 Å². The highest BCUT2D eigenvalue weighted by Gasteiger charge is 2.23. The summed E-state index contributed by atoms with van der Waals surface area (Å²) in [6.45, 7) is 0. The first kappa shape index (κ1) is 15.7. The molecule has 0 radical (unpaired) electrons. The molecule has 8 heteroatoms. The lowest BCUT2D eigenvalue weighted by molar-refractivity contribution is -0.116. The summed E-state index contributed by atoms with van der Waals surface area (Å²) in [4.78, 5) is 12.0. The molecule has 0 unspecified atom stereocenters. The van der Waals surface area contributed by atoms with Crippen molar-refractivity contribution in [2.45, 2.75) is 11.3 Å². The Morgan fingerprint density at radius 3 is 2.38 bits per heavy atom. The Hall–Kier alpha value is -1.67. The van der Waals surface area contributed by atoms with Gasteiger partial charge in [-0.2, -0.15) is 0 Å². The van der Waals surface area contributed by atoms with Crippen molar-refractivity contribution in [2.24, 2.45) is 5.92 Å². The number of benzene rings is 1. The van der Waals surface area contributed by atoms with Crippen molar-refractivity contribution in [1.82, 2.24) is 0 Å². The van der Waals surface area contributed by atoms with Gasteiger partial charge in [0.15, 0.2) is 19.7 Å². The first-order valence-electron chi connectivity index (χ1n) is 6.17. The van der Waals surface area contributed by atoms with Crippen LogP contribution in [0.5, 0.6) is 0 Å². The van der Waals surface area contributed by atoms with E-state index < -0.39 is 19.7 Å². The predicted octanol–water partition coefficient (Wildman–Crippen LogP) is 0.977. The van der Waals surface area contributed by atoms with Gasteiger partial charge in [-0.3, -0.25) is 4.79 Å². The van der Waals surface area contributed by atoms with Gasteiger partial charge in [-0.15, -0.1) is 0 Å². The molecule has 0 aliphatic carbocycles. The van der Waals surface area contributed by atoms with Crippen LogP contribution in [-0.4, -0.2) is 34.8 Å². The molecule has 6 nitrogen and oxygen atoms in total. The zero-order valence-corrected chi connectivity index (χ0v) is 12.9. The smallest absolute Gasteiger partial charge is 0.224 e. The topological polar surface area (TPSA) is 97.4 Å². The van der Waals surface area contributed by atoms with Gasteiger partial charge in [0.25, 0.3) is 0 Å². The van der Waals surface area contributed by atoms with Crippen LogP contribution in [0, 0.1) is 5.92 Å². The minimum atomic E-state index is -3.27. The molecule has 1 aromatic rings. The summed E-state index contributed by atoms with van der Waals surface area (Å²) in [5, 5.41) is 3.74. The Morgan fingerprint density at radius 2 is 1.90 bits per heavy atom. The van der Waals surface area contributed by atoms with Crippen molar-refractivity contribution in [3.05, 3.63) is 35.7 Å². The molecule has 1 amide bonds. The van der Waals surface area contributed by atoms with Gasteiger partial charge in [0.05, 0.1) is 10.6 Å². The van der Waals surface area contributed by atoms with Crippen molar-refractivity contribution in [3.8, 4) is 0 Å². The molecule has 0 bridgehead atoms. The van der Waals surface area contributed by atoms with Gasteiger partial charge in [0.1, 0.15) is 0 Å². The van der Waals surface area contributed by atoms with E-state index in [0.29, 0.717) is 5.69 Å². The van der Waals surface area contributed by atoms with Crippen LogP contribution in [0.15, 0.2) is 40.6 Å². The summed E-state index contributed by atoms with van der Waals surface area (Å²) in [5.74, 6) is -0.674. The monoisotopic (exact) mass is 329 g/mol. The van der Waals surface area contributed by atoms with Crippen molar-refractivity contribution in [1.29, 1.82) is 0 Å². The molecule has 1 aliphatic heterocycles. The van der Waals surface area contributed by atoms with Gasteiger partial charge >= 0.3 is 0 Å². The summed E-state index contributed by atoms with van der Waals surface area (Å²) in [6, 6.07) is 5.81. The molecule has 1 atom stereocenters. The number of sulfone groups is 2. The van der Waals surface area contributed by atoms with Crippen molar-refractivity contribution >= 4 is 31.3 Å². The van der Waals surface area contributed by atoms with Crippen molar-refractivity contribution in [3.63, 3.8) is 0 Å². The van der Waals surface area contributed by atoms with E-state index >= 15 is 0 Å². The molecule has 0 aromatic heterocycles. The van der Waals surface area contributed by atoms with Gasteiger partial charge in [-0.25, -0.2) is 16.8 Å². The minimum absolute atomic E-state index is 0.0482. The molecule has 21 heavy (non-hydrogen) atoms. The van der Waals surface area contributed by atoms with Crippen molar-refractivity contribution in [2.75, 3.05) is 17.3 Å². The number of nitrogens with one attached hydrogen (secondary N) is 1. The van der Waals surface area contributed by atoms with Crippen LogP contribution in [0.2, 0.25) is 0 Å². The molecular weight excluding hydrogens is 314 g/mol. The maximum atomic E-state index is 11.8. The summed E-state index contributed by atoms with van der Waals surface area (Å²) in [7, 11) is -6.43. The van der Waals surface area contributed by atoms with Crippen LogP contribution in [0.3, 0.4) is 0 Å². The van der Waals surface area contributed by atoms with E-state index in [1.807, 2.05) is 0 Å². The average molecular weight is 329 g/mol. The predicted molar refractivity (Wildman–Crippen MR) is 79.2 cm³/mol. The third-order valence-electron chi connectivity index (χ3n) is 3.02. The largest absolute Gasteiger partial charge is 0.326 e. The molecule has 1 N–H and O–H groups in total. The zero-order valence-electron chi connectivity index (χ0n) is 11.3. The van der Waals surface area contributed by atoms with Gasteiger partial charge in [0.2, 0.25) is 5.91 Å². The Labute approximate surface area is 123 Å².